The van der Waals surface area contributed by atoms with Gasteiger partial charge in [0.15, 0.2) is 6.04 Å². The number of hydrogen-bond acceptors (Lipinski definition) is 4. The van der Waals surface area contributed by atoms with Gasteiger partial charge in [0.05, 0.1) is 17.9 Å². The molecule has 0 aliphatic carbocycles. The molecule has 2 aromatic rings. The number of hydrogen-bond donors (Lipinski definition) is 1. The molecule has 1 aromatic carbocycles. The Labute approximate surface area is 133 Å². The summed E-state index contributed by atoms with van der Waals surface area (Å²) in [5.74, 6) is -0.426. The van der Waals surface area contributed by atoms with Crippen molar-refractivity contribution in [2.45, 2.75) is 25.4 Å². The monoisotopic (exact) mass is 310 g/mol. The molecule has 1 N–H and O–H groups in total. The van der Waals surface area contributed by atoms with Gasteiger partial charge in [-0.15, -0.1) is 0 Å². The van der Waals surface area contributed by atoms with E-state index in [1.807, 2.05) is 38.2 Å². The number of nitrogens with one attached hydrogen (secondary N) is 1. The van der Waals surface area contributed by atoms with Crippen LogP contribution in [0.5, 0.6) is 0 Å². The SMILES string of the molecule is CC1NC=NC1C(=O)N1CCc2c(c3ccccc3n2C)C1=O. The normalized spacial score (nSPS) is 23.2. The first-order valence-electron chi connectivity index (χ1n) is 7.79. The zero-order valence-electron chi connectivity index (χ0n) is 13.1. The van der Waals surface area contributed by atoms with E-state index in [-0.39, 0.29) is 17.9 Å². The van der Waals surface area contributed by atoms with Gasteiger partial charge >= 0.3 is 0 Å². The molecule has 6 nitrogen and oxygen atoms in total. The molecule has 2 aliphatic heterocycles. The van der Waals surface area contributed by atoms with Crippen molar-refractivity contribution >= 4 is 29.1 Å². The Hall–Kier alpha value is -2.63. The fraction of sp³-hybridized carbons (Fsp3) is 0.353. The molecule has 4 rings (SSSR count). The maximum Gasteiger partial charge on any atom is 0.262 e. The van der Waals surface area contributed by atoms with Crippen molar-refractivity contribution in [3.8, 4) is 0 Å². The average molecular weight is 310 g/mol. The van der Waals surface area contributed by atoms with E-state index in [0.29, 0.717) is 18.5 Å². The van der Waals surface area contributed by atoms with Crippen molar-refractivity contribution in [2.24, 2.45) is 12.0 Å². The van der Waals surface area contributed by atoms with Crippen molar-refractivity contribution in [1.82, 2.24) is 14.8 Å². The van der Waals surface area contributed by atoms with E-state index >= 15 is 0 Å². The van der Waals surface area contributed by atoms with Gasteiger partial charge in [0.1, 0.15) is 0 Å². The van der Waals surface area contributed by atoms with Crippen LogP contribution in [0.1, 0.15) is 23.0 Å². The zero-order chi connectivity index (χ0) is 16.1. The molecule has 0 saturated carbocycles. The van der Waals surface area contributed by atoms with Crippen molar-refractivity contribution in [1.29, 1.82) is 0 Å². The number of para-hydroxylation sites is 1. The molecule has 0 saturated heterocycles. The highest BCUT2D eigenvalue weighted by Crippen LogP contribution is 2.30. The summed E-state index contributed by atoms with van der Waals surface area (Å²) in [6.07, 6.45) is 2.22. The number of rotatable bonds is 1. The van der Waals surface area contributed by atoms with Gasteiger partial charge in [-0.3, -0.25) is 19.5 Å². The lowest BCUT2D eigenvalue weighted by molar-refractivity contribution is -0.130. The van der Waals surface area contributed by atoms with Crippen LogP contribution in [0.4, 0.5) is 0 Å². The Balaban J connectivity index is 1.76. The molecular formula is C17H18N4O2. The van der Waals surface area contributed by atoms with Crippen LogP contribution >= 0.6 is 0 Å². The summed E-state index contributed by atoms with van der Waals surface area (Å²) in [7, 11) is 1.97. The number of benzene rings is 1. The van der Waals surface area contributed by atoms with Crippen molar-refractivity contribution in [3.05, 3.63) is 35.5 Å². The van der Waals surface area contributed by atoms with E-state index in [0.717, 1.165) is 16.6 Å². The van der Waals surface area contributed by atoms with Gasteiger partial charge < -0.3 is 9.88 Å². The molecule has 23 heavy (non-hydrogen) atoms. The molecule has 0 spiro atoms. The Kier molecular flexibility index (Phi) is 3.01. The summed E-state index contributed by atoms with van der Waals surface area (Å²) in [5.41, 5.74) is 2.68. The minimum absolute atomic E-state index is 0.0794. The standard InChI is InChI=1S/C17H18N4O2/c1-10-15(19-9-18-10)17(23)21-8-7-13-14(16(21)22)11-5-3-4-6-12(11)20(13)2/h3-6,9-10,15H,7-8H2,1-2H3,(H,18,19). The fourth-order valence-corrected chi connectivity index (χ4v) is 3.54. The quantitative estimate of drug-likeness (QED) is 0.802. The summed E-state index contributed by atoms with van der Waals surface area (Å²) in [4.78, 5) is 31.2. The molecule has 2 aliphatic rings. The Morgan fingerprint density at radius 2 is 2.13 bits per heavy atom. The minimum Gasteiger partial charge on any atom is -0.371 e. The van der Waals surface area contributed by atoms with Gasteiger partial charge in [0.2, 0.25) is 0 Å². The summed E-state index contributed by atoms with van der Waals surface area (Å²) in [5, 5.41) is 3.91. The molecule has 2 amide bonds. The van der Waals surface area contributed by atoms with E-state index in [1.165, 1.54) is 4.90 Å². The summed E-state index contributed by atoms with van der Waals surface area (Å²) in [6, 6.07) is 7.23. The molecule has 118 valence electrons. The molecule has 6 heteroatoms. The topological polar surface area (TPSA) is 66.7 Å². The largest absolute Gasteiger partial charge is 0.371 e. The predicted molar refractivity (Wildman–Crippen MR) is 87.5 cm³/mol. The van der Waals surface area contributed by atoms with Gasteiger partial charge in [0.25, 0.3) is 11.8 Å². The lowest BCUT2D eigenvalue weighted by Crippen LogP contribution is -2.49. The lowest BCUT2D eigenvalue weighted by atomic mass is 10.0. The fourth-order valence-electron chi connectivity index (χ4n) is 3.54. The molecular weight excluding hydrogens is 292 g/mol. The number of fused-ring (bicyclic) bond motifs is 3. The number of nitrogens with zero attached hydrogens (tertiary/aromatic N) is 3. The van der Waals surface area contributed by atoms with Gasteiger partial charge in [-0.25, -0.2) is 0 Å². The van der Waals surface area contributed by atoms with E-state index < -0.39 is 6.04 Å². The second-order valence-corrected chi connectivity index (χ2v) is 6.12. The molecule has 2 atom stereocenters. The third kappa shape index (κ3) is 1.91. The minimum atomic E-state index is -0.518. The number of aryl methyl sites for hydroxylation is 1. The van der Waals surface area contributed by atoms with E-state index in [4.69, 9.17) is 0 Å². The maximum absolute atomic E-state index is 13.0. The van der Waals surface area contributed by atoms with Crippen LogP contribution < -0.4 is 5.32 Å². The third-order valence-corrected chi connectivity index (χ3v) is 4.82. The number of aliphatic imine (C=N–C) groups is 1. The van der Waals surface area contributed by atoms with Crippen molar-refractivity contribution in [2.75, 3.05) is 6.54 Å². The Morgan fingerprint density at radius 1 is 1.35 bits per heavy atom. The smallest absolute Gasteiger partial charge is 0.262 e. The maximum atomic E-state index is 13.0. The summed E-state index contributed by atoms with van der Waals surface area (Å²) < 4.78 is 2.06. The average Bonchev–Trinajstić information content (AvgIpc) is 3.10. The first-order chi connectivity index (χ1) is 11.1. The Bertz CT molecular complexity index is 852. The van der Waals surface area contributed by atoms with Gasteiger partial charge in [-0.05, 0) is 13.0 Å². The molecule has 1 aromatic heterocycles. The number of imide groups is 1. The molecule has 0 bridgehead atoms. The van der Waals surface area contributed by atoms with Crippen LogP contribution in [-0.2, 0) is 18.3 Å². The lowest BCUT2D eigenvalue weighted by Gasteiger charge is -2.28. The predicted octanol–water partition coefficient (Wildman–Crippen LogP) is 1.09. The third-order valence-electron chi connectivity index (χ3n) is 4.82. The molecule has 0 radical (unpaired) electrons. The first-order valence-corrected chi connectivity index (χ1v) is 7.79. The van der Waals surface area contributed by atoms with E-state index in [1.54, 1.807) is 6.34 Å². The van der Waals surface area contributed by atoms with Crippen LogP contribution in [0.15, 0.2) is 29.3 Å². The van der Waals surface area contributed by atoms with E-state index in [9.17, 15) is 9.59 Å². The van der Waals surface area contributed by atoms with Crippen LogP contribution in [0.2, 0.25) is 0 Å². The number of aromatic nitrogens is 1. The van der Waals surface area contributed by atoms with Crippen LogP contribution in [0.25, 0.3) is 10.9 Å². The molecule has 2 unspecified atom stereocenters. The summed E-state index contributed by atoms with van der Waals surface area (Å²) in [6.45, 7) is 2.31. The highest BCUT2D eigenvalue weighted by atomic mass is 16.2. The van der Waals surface area contributed by atoms with Crippen LogP contribution in [0, 0.1) is 0 Å². The zero-order valence-corrected chi connectivity index (χ0v) is 13.1. The van der Waals surface area contributed by atoms with Gasteiger partial charge in [-0.2, -0.15) is 0 Å². The van der Waals surface area contributed by atoms with Gasteiger partial charge in [0, 0.05) is 36.6 Å². The first kappa shape index (κ1) is 14.0. The van der Waals surface area contributed by atoms with Crippen LogP contribution in [-0.4, -0.2) is 46.2 Å². The van der Waals surface area contributed by atoms with Crippen molar-refractivity contribution < 1.29 is 9.59 Å². The second kappa shape index (κ2) is 4.94. The number of carbonyl (C=O) groups is 2. The molecule has 0 fully saturated rings. The Morgan fingerprint density at radius 3 is 2.87 bits per heavy atom. The highest BCUT2D eigenvalue weighted by molar-refractivity contribution is 6.15. The van der Waals surface area contributed by atoms with Crippen molar-refractivity contribution in [3.63, 3.8) is 0 Å². The molecule has 3 heterocycles. The van der Waals surface area contributed by atoms with Gasteiger partial charge in [-0.1, -0.05) is 18.2 Å². The second-order valence-electron chi connectivity index (χ2n) is 6.12. The highest BCUT2D eigenvalue weighted by Gasteiger charge is 2.38. The number of carbonyl (C=O) groups excluding carboxylic acids is 2. The number of amides is 2. The van der Waals surface area contributed by atoms with Crippen LogP contribution in [0.3, 0.4) is 0 Å². The summed E-state index contributed by atoms with van der Waals surface area (Å²) >= 11 is 0. The van der Waals surface area contributed by atoms with E-state index in [2.05, 4.69) is 14.9 Å².